The van der Waals surface area contributed by atoms with Gasteiger partial charge in [-0.1, -0.05) is 18.7 Å². The zero-order valence-electron chi connectivity index (χ0n) is 9.02. The van der Waals surface area contributed by atoms with Crippen LogP contribution >= 0.6 is 0 Å². The van der Waals surface area contributed by atoms with E-state index in [9.17, 15) is 0 Å². The second-order valence-corrected chi connectivity index (χ2v) is 4.39. The lowest BCUT2D eigenvalue weighted by Gasteiger charge is -2.23. The predicted molar refractivity (Wildman–Crippen MR) is 62.2 cm³/mol. The van der Waals surface area contributed by atoms with E-state index in [0.717, 1.165) is 0 Å². The van der Waals surface area contributed by atoms with Crippen LogP contribution in [0.15, 0.2) is 35.5 Å². The third-order valence-electron chi connectivity index (χ3n) is 3.44. The number of allylic oxidation sites excluding steroid dienone is 5. The van der Waals surface area contributed by atoms with Crippen molar-refractivity contribution in [2.24, 2.45) is 0 Å². The molecule has 0 N–H and O–H groups in total. The van der Waals surface area contributed by atoms with E-state index in [1.165, 1.54) is 56.9 Å². The topological polar surface area (TPSA) is 0 Å². The summed E-state index contributed by atoms with van der Waals surface area (Å²) in [5, 5.41) is 0. The largest absolute Gasteiger partial charge is 0.0988 e. The van der Waals surface area contributed by atoms with Crippen LogP contribution in [0.2, 0.25) is 0 Å². The van der Waals surface area contributed by atoms with Gasteiger partial charge in [-0.3, -0.25) is 0 Å². The molecule has 2 aliphatic carbocycles. The van der Waals surface area contributed by atoms with Gasteiger partial charge in [0.1, 0.15) is 0 Å². The fourth-order valence-electron chi connectivity index (χ4n) is 2.63. The summed E-state index contributed by atoms with van der Waals surface area (Å²) in [5.41, 5.74) is 4.82. The van der Waals surface area contributed by atoms with Crippen molar-refractivity contribution in [3.8, 4) is 0 Å². The molecule has 0 spiro atoms. The highest BCUT2D eigenvalue weighted by Gasteiger charge is 2.15. The maximum absolute atomic E-state index is 3.94. The normalized spacial score (nSPS) is 23.3. The fourth-order valence-corrected chi connectivity index (χ4v) is 2.63. The van der Waals surface area contributed by atoms with E-state index in [0.29, 0.717) is 0 Å². The standard InChI is InChI=1S/C14H20/c1-2-12-8-6-7-11-14(12)13-9-4-3-5-10-13/h2,9H,1,3-8,10-11H2. The smallest absolute Gasteiger partial charge is 0.0273 e. The molecule has 0 aliphatic heterocycles. The van der Waals surface area contributed by atoms with Crippen molar-refractivity contribution in [1.82, 2.24) is 0 Å². The molecule has 0 radical (unpaired) electrons. The Balaban J connectivity index is 2.24. The summed E-state index contributed by atoms with van der Waals surface area (Å²) >= 11 is 0. The Morgan fingerprint density at radius 2 is 1.79 bits per heavy atom. The van der Waals surface area contributed by atoms with Gasteiger partial charge < -0.3 is 0 Å². The minimum atomic E-state index is 1.26. The van der Waals surface area contributed by atoms with Gasteiger partial charge >= 0.3 is 0 Å². The van der Waals surface area contributed by atoms with E-state index in [1.807, 2.05) is 0 Å². The van der Waals surface area contributed by atoms with E-state index in [4.69, 9.17) is 0 Å². The van der Waals surface area contributed by atoms with Crippen LogP contribution in [-0.4, -0.2) is 0 Å². The maximum atomic E-state index is 3.94. The minimum absolute atomic E-state index is 1.26. The molecule has 2 aliphatic rings. The van der Waals surface area contributed by atoms with Gasteiger partial charge in [0, 0.05) is 0 Å². The summed E-state index contributed by atoms with van der Waals surface area (Å²) < 4.78 is 0. The molecule has 2 rings (SSSR count). The molecule has 0 atom stereocenters. The minimum Gasteiger partial charge on any atom is -0.0988 e. The SMILES string of the molecule is C=CC1=C(C2=CCCCC2)CCCC1. The first-order valence-corrected chi connectivity index (χ1v) is 5.95. The third-order valence-corrected chi connectivity index (χ3v) is 3.44. The van der Waals surface area contributed by atoms with Crippen molar-refractivity contribution in [2.45, 2.75) is 51.4 Å². The Morgan fingerprint density at radius 1 is 1.00 bits per heavy atom. The van der Waals surface area contributed by atoms with E-state index >= 15 is 0 Å². The molecule has 0 fully saturated rings. The highest BCUT2D eigenvalue weighted by molar-refractivity contribution is 5.41. The van der Waals surface area contributed by atoms with E-state index in [2.05, 4.69) is 18.7 Å². The van der Waals surface area contributed by atoms with Gasteiger partial charge in [-0.25, -0.2) is 0 Å². The lowest BCUT2D eigenvalue weighted by Crippen LogP contribution is -2.03. The molecular weight excluding hydrogens is 168 g/mol. The Bertz CT molecular complexity index is 278. The molecule has 0 unspecified atom stereocenters. The van der Waals surface area contributed by atoms with Crippen LogP contribution in [0.3, 0.4) is 0 Å². The third kappa shape index (κ3) is 2.00. The van der Waals surface area contributed by atoms with Gasteiger partial charge in [0.2, 0.25) is 0 Å². The van der Waals surface area contributed by atoms with Gasteiger partial charge in [0.15, 0.2) is 0 Å². The van der Waals surface area contributed by atoms with Crippen molar-refractivity contribution < 1.29 is 0 Å². The van der Waals surface area contributed by atoms with E-state index < -0.39 is 0 Å². The molecule has 0 heterocycles. The van der Waals surface area contributed by atoms with Gasteiger partial charge in [-0.05, 0) is 68.1 Å². The quantitative estimate of drug-likeness (QED) is 0.596. The summed E-state index contributed by atoms with van der Waals surface area (Å²) in [4.78, 5) is 0. The molecule has 0 aromatic carbocycles. The summed E-state index contributed by atoms with van der Waals surface area (Å²) in [7, 11) is 0. The zero-order chi connectivity index (χ0) is 9.80. The van der Waals surface area contributed by atoms with Crippen molar-refractivity contribution >= 4 is 0 Å². The van der Waals surface area contributed by atoms with Gasteiger partial charge in [-0.2, -0.15) is 0 Å². The van der Waals surface area contributed by atoms with Crippen molar-refractivity contribution in [3.05, 3.63) is 35.5 Å². The lowest BCUT2D eigenvalue weighted by atomic mass is 9.83. The van der Waals surface area contributed by atoms with E-state index in [-0.39, 0.29) is 0 Å². The summed E-state index contributed by atoms with van der Waals surface area (Å²) in [6.45, 7) is 3.94. The molecule has 0 aromatic heterocycles. The van der Waals surface area contributed by atoms with Crippen molar-refractivity contribution in [1.29, 1.82) is 0 Å². The monoisotopic (exact) mass is 188 g/mol. The first kappa shape index (κ1) is 9.76. The van der Waals surface area contributed by atoms with Gasteiger partial charge in [-0.15, -0.1) is 0 Å². The zero-order valence-corrected chi connectivity index (χ0v) is 9.02. The van der Waals surface area contributed by atoms with Gasteiger partial charge in [0.05, 0.1) is 0 Å². The highest BCUT2D eigenvalue weighted by atomic mass is 14.2. The van der Waals surface area contributed by atoms with E-state index in [1.54, 1.807) is 11.1 Å². The molecule has 0 heteroatoms. The highest BCUT2D eigenvalue weighted by Crippen LogP contribution is 2.34. The molecular formula is C14H20. The lowest BCUT2D eigenvalue weighted by molar-refractivity contribution is 0.653. The second-order valence-electron chi connectivity index (χ2n) is 4.39. The van der Waals surface area contributed by atoms with Crippen LogP contribution in [0.4, 0.5) is 0 Å². The Hall–Kier alpha value is -0.780. The first-order valence-electron chi connectivity index (χ1n) is 5.95. The fraction of sp³-hybridized carbons (Fsp3) is 0.571. The summed E-state index contributed by atoms with van der Waals surface area (Å²) in [6, 6.07) is 0. The van der Waals surface area contributed by atoms with Crippen LogP contribution in [0.25, 0.3) is 0 Å². The molecule has 0 saturated heterocycles. The average molecular weight is 188 g/mol. The van der Waals surface area contributed by atoms with Crippen LogP contribution in [0.1, 0.15) is 51.4 Å². The summed E-state index contributed by atoms with van der Waals surface area (Å²) in [6.07, 6.45) is 15.2. The molecule has 0 bridgehead atoms. The number of hydrogen-bond donors (Lipinski definition) is 0. The second kappa shape index (κ2) is 4.63. The number of hydrogen-bond acceptors (Lipinski definition) is 0. The van der Waals surface area contributed by atoms with Crippen LogP contribution < -0.4 is 0 Å². The van der Waals surface area contributed by atoms with Crippen molar-refractivity contribution in [3.63, 3.8) is 0 Å². The summed E-state index contributed by atoms with van der Waals surface area (Å²) in [5.74, 6) is 0. The molecule has 0 aromatic rings. The van der Waals surface area contributed by atoms with Crippen LogP contribution in [0, 0.1) is 0 Å². The molecule has 0 amide bonds. The molecule has 14 heavy (non-hydrogen) atoms. The number of rotatable bonds is 2. The first-order chi connectivity index (χ1) is 6.92. The Kier molecular flexibility index (Phi) is 3.23. The molecule has 0 saturated carbocycles. The van der Waals surface area contributed by atoms with Crippen LogP contribution in [0.5, 0.6) is 0 Å². The van der Waals surface area contributed by atoms with Crippen LogP contribution in [-0.2, 0) is 0 Å². The Labute approximate surface area is 87.4 Å². The molecule has 0 nitrogen and oxygen atoms in total. The molecule has 76 valence electrons. The van der Waals surface area contributed by atoms with Crippen molar-refractivity contribution in [2.75, 3.05) is 0 Å². The maximum Gasteiger partial charge on any atom is -0.0273 e. The van der Waals surface area contributed by atoms with Gasteiger partial charge in [0.25, 0.3) is 0 Å². The Morgan fingerprint density at radius 3 is 2.50 bits per heavy atom. The average Bonchev–Trinajstić information content (AvgIpc) is 2.30. The predicted octanol–water partition coefficient (Wildman–Crippen LogP) is 4.54.